The minimum atomic E-state index is 0.0174. The van der Waals surface area contributed by atoms with Crippen LogP contribution in [0.2, 0.25) is 0 Å². The Bertz CT molecular complexity index is 364. The average molecular weight is 222 g/mol. The first-order valence-corrected chi connectivity index (χ1v) is 5.56. The first-order valence-electron chi connectivity index (χ1n) is 5.56. The molecular formula is C12H18N2O2. The van der Waals surface area contributed by atoms with Gasteiger partial charge in [0.2, 0.25) is 5.91 Å². The lowest BCUT2D eigenvalue weighted by Crippen LogP contribution is -2.11. The Morgan fingerprint density at radius 2 is 2.19 bits per heavy atom. The van der Waals surface area contributed by atoms with Gasteiger partial charge in [-0.25, -0.2) is 0 Å². The van der Waals surface area contributed by atoms with Gasteiger partial charge in [-0.15, -0.1) is 0 Å². The summed E-state index contributed by atoms with van der Waals surface area (Å²) in [4.78, 5) is 11.1. The molecular weight excluding hydrogens is 204 g/mol. The lowest BCUT2D eigenvalue weighted by atomic mass is 10.1. The molecule has 0 bridgehead atoms. The zero-order chi connectivity index (χ0) is 12.0. The highest BCUT2D eigenvalue weighted by molar-refractivity contribution is 6.00. The second kappa shape index (κ2) is 6.12. The third-order valence-electron chi connectivity index (χ3n) is 2.12. The Morgan fingerprint density at radius 1 is 1.44 bits per heavy atom. The van der Waals surface area contributed by atoms with Crippen molar-refractivity contribution in [3.8, 4) is 5.75 Å². The van der Waals surface area contributed by atoms with E-state index in [1.54, 1.807) is 0 Å². The molecule has 0 saturated heterocycles. The number of hydrogen-bond acceptors (Lipinski definition) is 3. The molecule has 3 N–H and O–H groups in total. The quantitative estimate of drug-likeness (QED) is 0.815. The molecule has 1 aliphatic heterocycles. The number of benzene rings is 1. The summed E-state index contributed by atoms with van der Waals surface area (Å²) >= 11 is 0. The van der Waals surface area contributed by atoms with Gasteiger partial charge in [-0.2, -0.15) is 0 Å². The topological polar surface area (TPSA) is 64.3 Å². The smallest absolute Gasteiger partial charge is 0.229 e. The molecule has 1 aromatic carbocycles. The van der Waals surface area contributed by atoms with Crippen molar-refractivity contribution in [1.29, 1.82) is 0 Å². The Morgan fingerprint density at radius 3 is 2.88 bits per heavy atom. The molecule has 1 amide bonds. The summed E-state index contributed by atoms with van der Waals surface area (Å²) in [6.45, 7) is 4.95. The van der Waals surface area contributed by atoms with Crippen LogP contribution in [0, 0.1) is 0 Å². The van der Waals surface area contributed by atoms with Crippen LogP contribution in [-0.4, -0.2) is 19.1 Å². The number of carbonyl (C=O) groups excluding carboxylic acids is 1. The van der Waals surface area contributed by atoms with E-state index in [4.69, 9.17) is 10.5 Å². The number of nitrogens with two attached hydrogens (primary N) is 1. The van der Waals surface area contributed by atoms with Gasteiger partial charge in [0.05, 0.1) is 6.42 Å². The first-order chi connectivity index (χ1) is 7.81. The fraction of sp³-hybridized carbons (Fsp3) is 0.417. The summed E-state index contributed by atoms with van der Waals surface area (Å²) in [7, 11) is 0. The van der Waals surface area contributed by atoms with Crippen LogP contribution < -0.4 is 15.8 Å². The van der Waals surface area contributed by atoms with E-state index in [1.807, 2.05) is 32.0 Å². The highest BCUT2D eigenvalue weighted by Crippen LogP contribution is 2.31. The van der Waals surface area contributed by atoms with Crippen LogP contribution in [-0.2, 0) is 11.2 Å². The third kappa shape index (κ3) is 2.73. The van der Waals surface area contributed by atoms with Crippen molar-refractivity contribution in [2.75, 3.05) is 18.5 Å². The summed E-state index contributed by atoms with van der Waals surface area (Å²) < 4.78 is 5.43. The lowest BCUT2D eigenvalue weighted by molar-refractivity contribution is -0.115. The molecule has 16 heavy (non-hydrogen) atoms. The maximum Gasteiger partial charge on any atom is 0.229 e. The predicted molar refractivity (Wildman–Crippen MR) is 64.7 cm³/mol. The molecule has 1 aliphatic rings. The number of amides is 1. The van der Waals surface area contributed by atoms with Crippen molar-refractivity contribution in [1.82, 2.24) is 0 Å². The Kier molecular flexibility index (Phi) is 4.79. The number of fused-ring (bicyclic) bond motifs is 1. The van der Waals surface area contributed by atoms with Crippen molar-refractivity contribution in [3.63, 3.8) is 0 Å². The van der Waals surface area contributed by atoms with E-state index < -0.39 is 0 Å². The lowest BCUT2D eigenvalue weighted by Gasteiger charge is -2.08. The van der Waals surface area contributed by atoms with Crippen LogP contribution in [0.15, 0.2) is 18.2 Å². The number of ether oxygens (including phenoxy) is 1. The number of nitrogens with one attached hydrogen (secondary N) is 1. The van der Waals surface area contributed by atoms with Crippen LogP contribution in [0.4, 0.5) is 5.69 Å². The molecule has 4 nitrogen and oxygen atoms in total. The standard InChI is InChI=1S/C10H12N2O2.C2H6/c11-4-5-14-9-3-1-2-8-7(9)6-10(13)12-8;1-2/h1-3H,4-6,11H2,(H,12,13);1-2H3. The van der Waals surface area contributed by atoms with Gasteiger partial charge >= 0.3 is 0 Å². The van der Waals surface area contributed by atoms with Crippen molar-refractivity contribution in [2.45, 2.75) is 20.3 Å². The van der Waals surface area contributed by atoms with E-state index >= 15 is 0 Å². The second-order valence-electron chi connectivity index (χ2n) is 3.14. The van der Waals surface area contributed by atoms with E-state index in [1.165, 1.54) is 0 Å². The SMILES string of the molecule is CC.NCCOc1cccc2c1CC(=O)N2. The van der Waals surface area contributed by atoms with E-state index in [9.17, 15) is 4.79 Å². The van der Waals surface area contributed by atoms with Gasteiger partial charge in [0.1, 0.15) is 12.4 Å². The van der Waals surface area contributed by atoms with E-state index in [2.05, 4.69) is 5.32 Å². The Hall–Kier alpha value is -1.55. The highest BCUT2D eigenvalue weighted by atomic mass is 16.5. The van der Waals surface area contributed by atoms with E-state index in [0.717, 1.165) is 17.0 Å². The van der Waals surface area contributed by atoms with Gasteiger partial charge in [-0.3, -0.25) is 4.79 Å². The first kappa shape index (κ1) is 12.5. The number of rotatable bonds is 3. The monoisotopic (exact) mass is 222 g/mol. The normalized spacial score (nSPS) is 12.3. The van der Waals surface area contributed by atoms with Gasteiger partial charge in [0, 0.05) is 17.8 Å². The summed E-state index contributed by atoms with van der Waals surface area (Å²) in [5.74, 6) is 0.773. The summed E-state index contributed by atoms with van der Waals surface area (Å²) in [6.07, 6.45) is 0.399. The van der Waals surface area contributed by atoms with Crippen molar-refractivity contribution in [3.05, 3.63) is 23.8 Å². The minimum Gasteiger partial charge on any atom is -0.492 e. The van der Waals surface area contributed by atoms with Crippen molar-refractivity contribution >= 4 is 11.6 Å². The molecule has 0 unspecified atom stereocenters. The molecule has 0 saturated carbocycles. The summed E-state index contributed by atoms with van der Waals surface area (Å²) in [6, 6.07) is 5.58. The molecule has 0 aliphatic carbocycles. The molecule has 0 radical (unpaired) electrons. The number of anilines is 1. The molecule has 88 valence electrons. The average Bonchev–Trinajstić information content (AvgIpc) is 2.69. The minimum absolute atomic E-state index is 0.0174. The van der Waals surface area contributed by atoms with E-state index in [0.29, 0.717) is 19.6 Å². The molecule has 0 fully saturated rings. The molecule has 0 atom stereocenters. The maximum atomic E-state index is 11.1. The third-order valence-corrected chi connectivity index (χ3v) is 2.12. The van der Waals surface area contributed by atoms with Gasteiger partial charge in [0.25, 0.3) is 0 Å². The van der Waals surface area contributed by atoms with Crippen LogP contribution in [0.3, 0.4) is 0 Å². The van der Waals surface area contributed by atoms with Gasteiger partial charge in [0.15, 0.2) is 0 Å². The predicted octanol–water partition coefficient (Wildman–Crippen LogP) is 1.54. The van der Waals surface area contributed by atoms with Crippen LogP contribution in [0.5, 0.6) is 5.75 Å². The maximum absolute atomic E-state index is 11.1. The van der Waals surface area contributed by atoms with Gasteiger partial charge in [-0.05, 0) is 12.1 Å². The van der Waals surface area contributed by atoms with Gasteiger partial charge < -0.3 is 15.8 Å². The van der Waals surface area contributed by atoms with Crippen molar-refractivity contribution in [2.24, 2.45) is 5.73 Å². The zero-order valence-corrected chi connectivity index (χ0v) is 9.75. The number of carbonyl (C=O) groups is 1. The molecule has 1 aromatic rings. The fourth-order valence-electron chi connectivity index (χ4n) is 1.52. The molecule has 4 heteroatoms. The highest BCUT2D eigenvalue weighted by Gasteiger charge is 2.20. The fourth-order valence-corrected chi connectivity index (χ4v) is 1.52. The van der Waals surface area contributed by atoms with Crippen molar-refractivity contribution < 1.29 is 9.53 Å². The molecule has 2 rings (SSSR count). The molecule has 0 aromatic heterocycles. The Labute approximate surface area is 95.8 Å². The van der Waals surface area contributed by atoms with Crippen LogP contribution >= 0.6 is 0 Å². The van der Waals surface area contributed by atoms with Crippen LogP contribution in [0.1, 0.15) is 19.4 Å². The van der Waals surface area contributed by atoms with Crippen LogP contribution in [0.25, 0.3) is 0 Å². The summed E-state index contributed by atoms with van der Waals surface area (Å²) in [5, 5.41) is 2.76. The molecule has 1 heterocycles. The van der Waals surface area contributed by atoms with E-state index in [-0.39, 0.29) is 5.91 Å². The number of hydrogen-bond donors (Lipinski definition) is 2. The molecule has 0 spiro atoms. The largest absolute Gasteiger partial charge is 0.492 e. The summed E-state index contributed by atoms with van der Waals surface area (Å²) in [5.41, 5.74) is 7.13. The van der Waals surface area contributed by atoms with Gasteiger partial charge in [-0.1, -0.05) is 19.9 Å². The zero-order valence-electron chi connectivity index (χ0n) is 9.75. The Balaban J connectivity index is 0.000000606. The second-order valence-corrected chi connectivity index (χ2v) is 3.14.